The number of benzene rings is 1. The van der Waals surface area contributed by atoms with Gasteiger partial charge in [-0.2, -0.15) is 0 Å². The first kappa shape index (κ1) is 15.7. The van der Waals surface area contributed by atoms with Crippen LogP contribution in [0.15, 0.2) is 30.3 Å². The molecule has 2 heterocycles. The van der Waals surface area contributed by atoms with E-state index in [0.717, 1.165) is 50.6 Å². The largest absolute Gasteiger partial charge is 0.497 e. The molecule has 0 fully saturated rings. The number of aryl methyl sites for hydroxylation is 1. The third kappa shape index (κ3) is 3.76. The lowest BCUT2D eigenvalue weighted by Gasteiger charge is -2.25. The summed E-state index contributed by atoms with van der Waals surface area (Å²) in [6.07, 6.45) is 4.39. The Labute approximate surface area is 136 Å². The zero-order valence-electron chi connectivity index (χ0n) is 13.8. The summed E-state index contributed by atoms with van der Waals surface area (Å²) in [4.78, 5) is 2.38. The molecule has 6 nitrogen and oxygen atoms in total. The van der Waals surface area contributed by atoms with Crippen molar-refractivity contribution in [3.8, 4) is 5.75 Å². The summed E-state index contributed by atoms with van der Waals surface area (Å²) in [5, 5.41) is 12.0. The molecule has 1 aliphatic rings. The van der Waals surface area contributed by atoms with Crippen LogP contribution in [-0.4, -0.2) is 45.3 Å². The summed E-state index contributed by atoms with van der Waals surface area (Å²) >= 11 is 0. The molecule has 0 amide bonds. The fourth-order valence-electron chi connectivity index (χ4n) is 2.84. The van der Waals surface area contributed by atoms with E-state index < -0.39 is 0 Å². The van der Waals surface area contributed by atoms with Crippen LogP contribution in [-0.2, 0) is 13.1 Å². The molecule has 0 radical (unpaired) electrons. The van der Waals surface area contributed by atoms with Crippen molar-refractivity contribution in [2.45, 2.75) is 32.9 Å². The zero-order valence-corrected chi connectivity index (χ0v) is 13.8. The van der Waals surface area contributed by atoms with Crippen LogP contribution in [0.3, 0.4) is 0 Å². The Morgan fingerprint density at radius 1 is 1.22 bits per heavy atom. The van der Waals surface area contributed by atoms with E-state index >= 15 is 0 Å². The van der Waals surface area contributed by atoms with Crippen LogP contribution < -0.4 is 4.74 Å². The number of nitrogens with zero attached hydrogens (tertiary/aromatic N) is 5. The Kier molecular flexibility index (Phi) is 5.02. The molecule has 122 valence electrons. The molecule has 23 heavy (non-hydrogen) atoms. The first-order chi connectivity index (χ1) is 11.3. The molecule has 0 saturated heterocycles. The monoisotopic (exact) mass is 313 g/mol. The molecule has 6 heteroatoms. The molecular weight excluding hydrogens is 290 g/mol. The number of aromatic nitrogens is 4. The smallest absolute Gasteiger partial charge is 0.165 e. The van der Waals surface area contributed by atoms with Gasteiger partial charge in [-0.3, -0.25) is 4.90 Å². The lowest BCUT2D eigenvalue weighted by Crippen LogP contribution is -2.29. The Hall–Kier alpha value is -2.21. The van der Waals surface area contributed by atoms with Gasteiger partial charge in [-0.1, -0.05) is 25.1 Å². The molecule has 0 spiro atoms. The van der Waals surface area contributed by atoms with Gasteiger partial charge < -0.3 is 4.74 Å². The summed E-state index contributed by atoms with van der Waals surface area (Å²) in [7, 11) is 1.69. The van der Waals surface area contributed by atoms with Gasteiger partial charge in [0.15, 0.2) is 5.82 Å². The molecule has 0 unspecified atom stereocenters. The molecule has 1 aromatic heterocycles. The molecule has 0 N–H and O–H groups in total. The van der Waals surface area contributed by atoms with E-state index in [1.807, 2.05) is 16.8 Å². The van der Waals surface area contributed by atoms with Crippen LogP contribution in [0.25, 0.3) is 5.57 Å². The Balaban J connectivity index is 1.62. The maximum atomic E-state index is 5.21. The van der Waals surface area contributed by atoms with E-state index in [-0.39, 0.29) is 0 Å². The van der Waals surface area contributed by atoms with Gasteiger partial charge in [-0.05, 0) is 46.5 Å². The van der Waals surface area contributed by atoms with Crippen molar-refractivity contribution in [3.05, 3.63) is 41.7 Å². The molecule has 0 atom stereocenters. The minimum Gasteiger partial charge on any atom is -0.497 e. The lowest BCUT2D eigenvalue weighted by atomic mass is 9.99. The summed E-state index contributed by atoms with van der Waals surface area (Å²) < 4.78 is 7.12. The standard InChI is InChI=1S/C17H23N5O/c1-3-10-22-17(18-19-20-22)13-21-11-8-15(9-12-21)14-4-6-16(23-2)7-5-14/h4-8H,3,9-13H2,1-2H3. The van der Waals surface area contributed by atoms with Crippen molar-refractivity contribution >= 4 is 5.57 Å². The van der Waals surface area contributed by atoms with Gasteiger partial charge >= 0.3 is 0 Å². The van der Waals surface area contributed by atoms with Crippen LogP contribution in [0, 0.1) is 0 Å². The minimum atomic E-state index is 0.805. The second kappa shape index (κ2) is 7.37. The first-order valence-corrected chi connectivity index (χ1v) is 8.11. The van der Waals surface area contributed by atoms with Gasteiger partial charge in [0.1, 0.15) is 5.75 Å². The highest BCUT2D eigenvalue weighted by atomic mass is 16.5. The van der Waals surface area contributed by atoms with Crippen LogP contribution in [0.4, 0.5) is 0 Å². The van der Waals surface area contributed by atoms with E-state index in [4.69, 9.17) is 4.74 Å². The van der Waals surface area contributed by atoms with E-state index in [0.29, 0.717) is 0 Å². The Morgan fingerprint density at radius 3 is 2.70 bits per heavy atom. The molecule has 2 aromatic rings. The van der Waals surface area contributed by atoms with Gasteiger partial charge in [-0.15, -0.1) is 5.10 Å². The van der Waals surface area contributed by atoms with Crippen molar-refractivity contribution in [1.82, 2.24) is 25.1 Å². The lowest BCUT2D eigenvalue weighted by molar-refractivity contribution is 0.279. The third-order valence-electron chi connectivity index (χ3n) is 4.16. The Morgan fingerprint density at radius 2 is 2.04 bits per heavy atom. The van der Waals surface area contributed by atoms with Gasteiger partial charge in [0.2, 0.25) is 0 Å². The van der Waals surface area contributed by atoms with Crippen molar-refractivity contribution in [2.24, 2.45) is 0 Å². The number of hydrogen-bond acceptors (Lipinski definition) is 5. The number of methoxy groups -OCH3 is 1. The van der Waals surface area contributed by atoms with Gasteiger partial charge in [0.25, 0.3) is 0 Å². The molecule has 3 rings (SSSR count). The molecule has 0 saturated carbocycles. The highest BCUT2D eigenvalue weighted by Crippen LogP contribution is 2.24. The number of hydrogen-bond donors (Lipinski definition) is 0. The van der Waals surface area contributed by atoms with Gasteiger partial charge in [0, 0.05) is 19.6 Å². The highest BCUT2D eigenvalue weighted by molar-refractivity contribution is 5.67. The summed E-state index contributed by atoms with van der Waals surface area (Å²) in [6.45, 7) is 5.77. The topological polar surface area (TPSA) is 56.1 Å². The van der Waals surface area contributed by atoms with Crippen molar-refractivity contribution < 1.29 is 4.74 Å². The second-order valence-corrected chi connectivity index (χ2v) is 5.76. The van der Waals surface area contributed by atoms with Crippen LogP contribution >= 0.6 is 0 Å². The molecule has 0 bridgehead atoms. The van der Waals surface area contributed by atoms with Crippen LogP contribution in [0.2, 0.25) is 0 Å². The molecule has 0 aliphatic carbocycles. The molecule has 1 aliphatic heterocycles. The number of ether oxygens (including phenoxy) is 1. The molecular formula is C17H23N5O. The summed E-state index contributed by atoms with van der Waals surface area (Å²) in [5.41, 5.74) is 2.68. The van der Waals surface area contributed by atoms with Crippen LogP contribution in [0.5, 0.6) is 5.75 Å². The van der Waals surface area contributed by atoms with Crippen molar-refractivity contribution in [2.75, 3.05) is 20.2 Å². The van der Waals surface area contributed by atoms with Gasteiger partial charge in [-0.25, -0.2) is 4.68 Å². The average Bonchev–Trinajstić information content (AvgIpc) is 3.03. The predicted octanol–water partition coefficient (Wildman–Crippen LogP) is 2.38. The maximum Gasteiger partial charge on any atom is 0.165 e. The zero-order chi connectivity index (χ0) is 16.1. The van der Waals surface area contributed by atoms with Gasteiger partial charge in [0.05, 0.1) is 13.7 Å². The second-order valence-electron chi connectivity index (χ2n) is 5.76. The average molecular weight is 313 g/mol. The van der Waals surface area contributed by atoms with E-state index in [9.17, 15) is 0 Å². The SMILES string of the molecule is CCCn1nnnc1CN1CC=C(c2ccc(OC)cc2)CC1. The highest BCUT2D eigenvalue weighted by Gasteiger charge is 2.16. The Bertz CT molecular complexity index is 662. The van der Waals surface area contributed by atoms with E-state index in [1.165, 1.54) is 11.1 Å². The normalized spacial score (nSPS) is 15.5. The fourth-order valence-corrected chi connectivity index (χ4v) is 2.84. The maximum absolute atomic E-state index is 5.21. The predicted molar refractivity (Wildman–Crippen MR) is 89.0 cm³/mol. The van der Waals surface area contributed by atoms with Crippen LogP contribution in [0.1, 0.15) is 31.2 Å². The summed E-state index contributed by atoms with van der Waals surface area (Å²) in [5.74, 6) is 1.85. The fraction of sp³-hybridized carbons (Fsp3) is 0.471. The quantitative estimate of drug-likeness (QED) is 0.819. The third-order valence-corrected chi connectivity index (χ3v) is 4.16. The number of tetrazole rings is 1. The van der Waals surface area contributed by atoms with E-state index in [1.54, 1.807) is 7.11 Å². The first-order valence-electron chi connectivity index (χ1n) is 8.11. The molecule has 1 aromatic carbocycles. The van der Waals surface area contributed by atoms with E-state index in [2.05, 4.69) is 45.6 Å². The van der Waals surface area contributed by atoms with Crippen molar-refractivity contribution in [1.29, 1.82) is 0 Å². The summed E-state index contributed by atoms with van der Waals surface area (Å²) in [6, 6.07) is 8.28. The van der Waals surface area contributed by atoms with Crippen molar-refractivity contribution in [3.63, 3.8) is 0 Å². The number of rotatable bonds is 6. The minimum absolute atomic E-state index is 0.805.